The Bertz CT molecular complexity index is 1100. The van der Waals surface area contributed by atoms with E-state index in [2.05, 4.69) is 9.88 Å². The van der Waals surface area contributed by atoms with Crippen LogP contribution < -0.4 is 4.90 Å². The van der Waals surface area contributed by atoms with E-state index in [-0.39, 0.29) is 23.5 Å². The molecule has 0 spiro atoms. The summed E-state index contributed by atoms with van der Waals surface area (Å²) in [7, 11) is 0. The van der Waals surface area contributed by atoms with Crippen LogP contribution in [0, 0.1) is 17.6 Å². The van der Waals surface area contributed by atoms with Crippen LogP contribution in [0.3, 0.4) is 0 Å². The zero-order valence-corrected chi connectivity index (χ0v) is 18.9. The van der Waals surface area contributed by atoms with Gasteiger partial charge in [-0.3, -0.25) is 4.79 Å². The van der Waals surface area contributed by atoms with Crippen LogP contribution in [-0.4, -0.2) is 42.0 Å². The van der Waals surface area contributed by atoms with Crippen molar-refractivity contribution in [3.63, 3.8) is 0 Å². The minimum atomic E-state index is -0.290. The van der Waals surface area contributed by atoms with E-state index in [4.69, 9.17) is 0 Å². The maximum Gasteiger partial charge on any atom is 0.230 e. The van der Waals surface area contributed by atoms with Crippen LogP contribution >= 0.6 is 0 Å². The van der Waals surface area contributed by atoms with Crippen LogP contribution in [0.5, 0.6) is 0 Å². The molecule has 3 aromatic rings. The molecule has 4 nitrogen and oxygen atoms in total. The fourth-order valence-electron chi connectivity index (χ4n) is 5.54. The minimum Gasteiger partial charge on any atom is -0.361 e. The van der Waals surface area contributed by atoms with Gasteiger partial charge in [-0.2, -0.15) is 0 Å². The molecule has 1 unspecified atom stereocenters. The molecule has 2 fully saturated rings. The third-order valence-electron chi connectivity index (χ3n) is 7.39. The Kier molecular flexibility index (Phi) is 6.45. The molecule has 1 aromatic heterocycles. The topological polar surface area (TPSA) is 39.3 Å². The number of nitrogens with one attached hydrogen (secondary N) is 1. The average molecular weight is 452 g/mol. The predicted molar refractivity (Wildman–Crippen MR) is 127 cm³/mol. The van der Waals surface area contributed by atoms with E-state index in [0.717, 1.165) is 68.3 Å². The number of H-pyrrole nitrogens is 1. The lowest BCUT2D eigenvalue weighted by molar-refractivity contribution is -0.123. The Balaban J connectivity index is 1.27. The van der Waals surface area contributed by atoms with Gasteiger partial charge in [0.25, 0.3) is 0 Å². The molecule has 1 atom stereocenters. The van der Waals surface area contributed by atoms with Crippen molar-refractivity contribution in [3.05, 3.63) is 65.9 Å². The van der Waals surface area contributed by atoms with Gasteiger partial charge < -0.3 is 14.8 Å². The highest BCUT2D eigenvalue weighted by Crippen LogP contribution is 2.33. The van der Waals surface area contributed by atoms with E-state index in [1.54, 1.807) is 24.3 Å². The zero-order chi connectivity index (χ0) is 22.8. The number of benzene rings is 2. The number of rotatable bonds is 6. The first-order valence-electron chi connectivity index (χ1n) is 12.1. The summed E-state index contributed by atoms with van der Waals surface area (Å²) in [5.41, 5.74) is 2.90. The summed E-state index contributed by atoms with van der Waals surface area (Å²) < 4.78 is 27.3. The van der Waals surface area contributed by atoms with Gasteiger partial charge in [-0.25, -0.2) is 8.78 Å². The van der Waals surface area contributed by atoms with E-state index in [1.165, 1.54) is 30.2 Å². The lowest BCUT2D eigenvalue weighted by Gasteiger charge is -2.31. The Morgan fingerprint density at radius 1 is 1.00 bits per heavy atom. The van der Waals surface area contributed by atoms with Crippen LogP contribution in [0.2, 0.25) is 0 Å². The predicted octanol–water partition coefficient (Wildman–Crippen LogP) is 5.85. The number of carbonyl (C=O) groups is 1. The van der Waals surface area contributed by atoms with Crippen LogP contribution in [0.15, 0.2) is 48.7 Å². The number of halogens is 2. The average Bonchev–Trinajstić information content (AvgIpc) is 3.47. The molecule has 1 aliphatic carbocycles. The number of aromatic nitrogens is 1. The quantitative estimate of drug-likeness (QED) is 0.511. The maximum atomic E-state index is 13.8. The van der Waals surface area contributed by atoms with Crippen molar-refractivity contribution in [3.8, 4) is 0 Å². The van der Waals surface area contributed by atoms with E-state index >= 15 is 0 Å². The molecule has 33 heavy (non-hydrogen) atoms. The SMILES string of the molecule is O=C(C1CCCCC1)N(CCN1CCC(c2c[nH]c3ccc(F)cc23)C1)c1ccc(F)cc1. The summed E-state index contributed by atoms with van der Waals surface area (Å²) >= 11 is 0. The fourth-order valence-corrected chi connectivity index (χ4v) is 5.54. The van der Waals surface area contributed by atoms with Gasteiger partial charge in [-0.1, -0.05) is 19.3 Å². The second kappa shape index (κ2) is 9.64. The number of likely N-dealkylation sites (tertiary alicyclic amines) is 1. The summed E-state index contributed by atoms with van der Waals surface area (Å²) in [6.07, 6.45) is 8.32. The number of hydrogen-bond acceptors (Lipinski definition) is 2. The molecule has 0 radical (unpaired) electrons. The molecule has 1 saturated carbocycles. The van der Waals surface area contributed by atoms with Gasteiger partial charge in [0.1, 0.15) is 11.6 Å². The molecule has 0 bridgehead atoms. The summed E-state index contributed by atoms with van der Waals surface area (Å²) in [4.78, 5) is 20.9. The summed E-state index contributed by atoms with van der Waals surface area (Å²) in [6.45, 7) is 3.19. The second-order valence-corrected chi connectivity index (χ2v) is 9.52. The van der Waals surface area contributed by atoms with Crippen molar-refractivity contribution < 1.29 is 13.6 Å². The summed E-state index contributed by atoms with van der Waals surface area (Å²) in [5, 5.41) is 0.960. The van der Waals surface area contributed by atoms with Gasteiger partial charge in [0.15, 0.2) is 0 Å². The van der Waals surface area contributed by atoms with Crippen molar-refractivity contribution in [2.75, 3.05) is 31.1 Å². The molecule has 174 valence electrons. The highest BCUT2D eigenvalue weighted by Gasteiger charge is 2.30. The Morgan fingerprint density at radius 3 is 2.55 bits per heavy atom. The molecule has 5 rings (SSSR count). The lowest BCUT2D eigenvalue weighted by atomic mass is 9.88. The first-order chi connectivity index (χ1) is 16.1. The molecule has 2 aromatic carbocycles. The number of amides is 1. The fraction of sp³-hybridized carbons (Fsp3) is 0.444. The number of carbonyl (C=O) groups excluding carboxylic acids is 1. The van der Waals surface area contributed by atoms with Crippen molar-refractivity contribution in [1.82, 2.24) is 9.88 Å². The van der Waals surface area contributed by atoms with Crippen molar-refractivity contribution in [1.29, 1.82) is 0 Å². The van der Waals surface area contributed by atoms with Gasteiger partial charge in [-0.15, -0.1) is 0 Å². The lowest BCUT2D eigenvalue weighted by Crippen LogP contribution is -2.42. The smallest absolute Gasteiger partial charge is 0.230 e. The molecule has 1 saturated heterocycles. The molecule has 6 heteroatoms. The Morgan fingerprint density at radius 2 is 1.76 bits per heavy atom. The van der Waals surface area contributed by atoms with Crippen molar-refractivity contribution in [2.24, 2.45) is 5.92 Å². The summed E-state index contributed by atoms with van der Waals surface area (Å²) in [6, 6.07) is 11.2. The van der Waals surface area contributed by atoms with E-state index in [1.807, 2.05) is 11.1 Å². The number of nitrogens with zero attached hydrogens (tertiary/aromatic N) is 2. The van der Waals surface area contributed by atoms with E-state index < -0.39 is 0 Å². The molecule has 1 aliphatic heterocycles. The molecule has 1 N–H and O–H groups in total. The van der Waals surface area contributed by atoms with Gasteiger partial charge in [-0.05, 0) is 79.8 Å². The molecule has 1 amide bonds. The van der Waals surface area contributed by atoms with Gasteiger partial charge in [0.2, 0.25) is 5.91 Å². The normalized spacial score (nSPS) is 19.9. The first kappa shape index (κ1) is 22.1. The number of aromatic amines is 1. The maximum absolute atomic E-state index is 13.8. The van der Waals surface area contributed by atoms with Crippen LogP contribution in [0.4, 0.5) is 14.5 Å². The van der Waals surface area contributed by atoms with Crippen LogP contribution in [0.25, 0.3) is 10.9 Å². The van der Waals surface area contributed by atoms with Gasteiger partial charge in [0, 0.05) is 48.3 Å². The Labute approximate surface area is 193 Å². The third-order valence-corrected chi connectivity index (χ3v) is 7.39. The largest absolute Gasteiger partial charge is 0.361 e. The van der Waals surface area contributed by atoms with Gasteiger partial charge in [0.05, 0.1) is 0 Å². The summed E-state index contributed by atoms with van der Waals surface area (Å²) in [5.74, 6) is 0.0741. The molecular formula is C27H31F2N3O. The number of fused-ring (bicyclic) bond motifs is 1. The van der Waals surface area contributed by atoms with Crippen molar-refractivity contribution in [2.45, 2.75) is 44.4 Å². The number of anilines is 1. The van der Waals surface area contributed by atoms with E-state index in [0.29, 0.717) is 12.5 Å². The Hall–Kier alpha value is -2.73. The minimum absolute atomic E-state index is 0.0660. The standard InChI is InChI=1S/C27H31F2N3O/c28-21-6-9-23(10-7-21)32(27(33)19-4-2-1-3-5-19)15-14-31-13-12-20(18-31)25-17-30-26-11-8-22(29)16-24(25)26/h6-11,16-17,19-20,30H,1-5,12-15,18H2. The zero-order valence-electron chi connectivity index (χ0n) is 18.9. The van der Waals surface area contributed by atoms with Crippen molar-refractivity contribution >= 4 is 22.5 Å². The molecule has 2 heterocycles. The highest BCUT2D eigenvalue weighted by atomic mass is 19.1. The van der Waals surface area contributed by atoms with Gasteiger partial charge >= 0.3 is 0 Å². The van der Waals surface area contributed by atoms with Crippen LogP contribution in [-0.2, 0) is 4.79 Å². The third kappa shape index (κ3) is 4.81. The monoisotopic (exact) mass is 451 g/mol. The van der Waals surface area contributed by atoms with E-state index in [9.17, 15) is 13.6 Å². The first-order valence-corrected chi connectivity index (χ1v) is 12.1. The second-order valence-electron chi connectivity index (χ2n) is 9.52. The molecule has 2 aliphatic rings. The number of hydrogen-bond donors (Lipinski definition) is 1. The molecular weight excluding hydrogens is 420 g/mol. The van der Waals surface area contributed by atoms with Crippen LogP contribution in [0.1, 0.15) is 50.0 Å². The highest BCUT2D eigenvalue weighted by molar-refractivity contribution is 5.95.